The van der Waals surface area contributed by atoms with Gasteiger partial charge in [-0.25, -0.2) is 0 Å². The third kappa shape index (κ3) is 7.53. The van der Waals surface area contributed by atoms with E-state index in [1.165, 1.54) is 6.42 Å². The molecule has 19 heavy (non-hydrogen) atoms. The van der Waals surface area contributed by atoms with E-state index >= 15 is 0 Å². The number of likely N-dealkylation sites (tertiary alicyclic amines) is 1. The first-order valence-electron chi connectivity index (χ1n) is 7.72. The number of hydrogen-bond donors (Lipinski definition) is 1. The maximum Gasteiger partial charge on any atom is 0.234 e. The van der Waals surface area contributed by atoms with Crippen molar-refractivity contribution >= 4 is 5.91 Å². The molecule has 0 aromatic rings. The fourth-order valence-corrected chi connectivity index (χ4v) is 2.43. The second-order valence-corrected chi connectivity index (χ2v) is 5.84. The Labute approximate surface area is 117 Å². The molecule has 0 aromatic heterocycles. The normalized spacial score (nSPS) is 17.9. The van der Waals surface area contributed by atoms with E-state index in [1.54, 1.807) is 0 Å². The van der Waals surface area contributed by atoms with E-state index in [1.807, 2.05) is 6.92 Å². The van der Waals surface area contributed by atoms with E-state index < -0.39 is 0 Å². The number of carbonyl (C=O) groups is 1. The van der Waals surface area contributed by atoms with Gasteiger partial charge in [-0.3, -0.25) is 9.69 Å². The van der Waals surface area contributed by atoms with Gasteiger partial charge in [-0.2, -0.15) is 0 Å². The van der Waals surface area contributed by atoms with Gasteiger partial charge in [0.1, 0.15) is 0 Å². The molecule has 4 heteroatoms. The molecule has 1 N–H and O–H groups in total. The van der Waals surface area contributed by atoms with Crippen LogP contribution in [0.3, 0.4) is 0 Å². The van der Waals surface area contributed by atoms with Crippen molar-refractivity contribution in [1.29, 1.82) is 0 Å². The molecule has 0 spiro atoms. The lowest BCUT2D eigenvalue weighted by atomic mass is 10.1. The predicted molar refractivity (Wildman–Crippen MR) is 78.2 cm³/mol. The number of likely N-dealkylation sites (N-methyl/N-ethyl adjacent to an activating group) is 1. The van der Waals surface area contributed by atoms with Crippen LogP contribution in [0.5, 0.6) is 0 Å². The summed E-state index contributed by atoms with van der Waals surface area (Å²) in [7, 11) is 0. The minimum absolute atomic E-state index is 0.138. The van der Waals surface area contributed by atoms with Crippen LogP contribution in [0.25, 0.3) is 0 Å². The maximum absolute atomic E-state index is 11.5. The van der Waals surface area contributed by atoms with E-state index in [0.717, 1.165) is 44.9 Å². The van der Waals surface area contributed by atoms with E-state index in [2.05, 4.69) is 24.1 Å². The summed E-state index contributed by atoms with van der Waals surface area (Å²) >= 11 is 0. The van der Waals surface area contributed by atoms with E-state index in [4.69, 9.17) is 4.74 Å². The number of hydrogen-bond acceptors (Lipinski definition) is 3. The van der Waals surface area contributed by atoms with Crippen molar-refractivity contribution < 1.29 is 9.53 Å². The molecule has 0 aliphatic carbocycles. The van der Waals surface area contributed by atoms with Gasteiger partial charge in [-0.1, -0.05) is 13.8 Å². The molecule has 4 nitrogen and oxygen atoms in total. The Morgan fingerprint density at radius 3 is 2.63 bits per heavy atom. The Morgan fingerprint density at radius 2 is 2.05 bits per heavy atom. The average Bonchev–Trinajstić information content (AvgIpc) is 2.36. The maximum atomic E-state index is 11.5. The van der Waals surface area contributed by atoms with Crippen molar-refractivity contribution in [3.63, 3.8) is 0 Å². The molecule has 1 heterocycles. The highest BCUT2D eigenvalue weighted by molar-refractivity contribution is 5.77. The lowest BCUT2D eigenvalue weighted by Crippen LogP contribution is -2.43. The summed E-state index contributed by atoms with van der Waals surface area (Å²) in [6.07, 6.45) is 4.92. The molecule has 1 fully saturated rings. The van der Waals surface area contributed by atoms with Gasteiger partial charge in [0.15, 0.2) is 0 Å². The molecule has 1 saturated heterocycles. The number of ether oxygens (including phenoxy) is 1. The molecule has 0 saturated carbocycles. The first kappa shape index (κ1) is 16.4. The van der Waals surface area contributed by atoms with Gasteiger partial charge in [-0.05, 0) is 38.5 Å². The largest absolute Gasteiger partial charge is 0.378 e. The van der Waals surface area contributed by atoms with Gasteiger partial charge >= 0.3 is 0 Å². The lowest BCUT2D eigenvalue weighted by Gasteiger charge is -2.31. The van der Waals surface area contributed by atoms with Crippen molar-refractivity contribution in [3.8, 4) is 0 Å². The SMILES string of the molecule is CCNC(=O)CN1CCC(OCCCC(C)C)CC1. The van der Waals surface area contributed by atoms with Crippen LogP contribution in [-0.4, -0.2) is 49.7 Å². The van der Waals surface area contributed by atoms with Crippen molar-refractivity contribution in [2.24, 2.45) is 5.92 Å². The molecule has 0 radical (unpaired) electrons. The first-order chi connectivity index (χ1) is 9.11. The van der Waals surface area contributed by atoms with Crippen molar-refractivity contribution in [2.75, 3.05) is 32.8 Å². The van der Waals surface area contributed by atoms with Gasteiger partial charge in [0.05, 0.1) is 12.6 Å². The first-order valence-corrected chi connectivity index (χ1v) is 7.72. The van der Waals surface area contributed by atoms with Crippen molar-refractivity contribution in [3.05, 3.63) is 0 Å². The summed E-state index contributed by atoms with van der Waals surface area (Å²) in [6, 6.07) is 0. The molecule has 1 aliphatic rings. The van der Waals surface area contributed by atoms with E-state index in [0.29, 0.717) is 19.2 Å². The number of rotatable bonds is 8. The van der Waals surface area contributed by atoms with Gasteiger partial charge in [-0.15, -0.1) is 0 Å². The molecular formula is C15H30N2O2. The predicted octanol–water partition coefficient (Wildman–Crippen LogP) is 2.04. The fourth-order valence-electron chi connectivity index (χ4n) is 2.43. The van der Waals surface area contributed by atoms with Crippen molar-refractivity contribution in [1.82, 2.24) is 10.2 Å². The van der Waals surface area contributed by atoms with E-state index in [9.17, 15) is 4.79 Å². The minimum atomic E-state index is 0.138. The minimum Gasteiger partial charge on any atom is -0.378 e. The molecule has 1 amide bonds. The number of nitrogens with one attached hydrogen (secondary N) is 1. The van der Waals surface area contributed by atoms with Crippen LogP contribution < -0.4 is 5.32 Å². The van der Waals surface area contributed by atoms with Crippen LogP contribution in [0.2, 0.25) is 0 Å². The van der Waals surface area contributed by atoms with Crippen molar-refractivity contribution in [2.45, 2.75) is 52.6 Å². The topological polar surface area (TPSA) is 41.6 Å². The van der Waals surface area contributed by atoms with Crippen LogP contribution in [0.15, 0.2) is 0 Å². The number of carbonyl (C=O) groups excluding carboxylic acids is 1. The van der Waals surface area contributed by atoms with E-state index in [-0.39, 0.29) is 5.91 Å². The monoisotopic (exact) mass is 270 g/mol. The molecular weight excluding hydrogens is 240 g/mol. The zero-order valence-corrected chi connectivity index (χ0v) is 12.8. The summed E-state index contributed by atoms with van der Waals surface area (Å²) in [5, 5.41) is 2.84. The highest BCUT2D eigenvalue weighted by atomic mass is 16.5. The van der Waals surface area contributed by atoms with Crippen LogP contribution >= 0.6 is 0 Å². The lowest BCUT2D eigenvalue weighted by molar-refractivity contribution is -0.122. The molecule has 0 aromatic carbocycles. The number of nitrogens with zero attached hydrogens (tertiary/aromatic N) is 1. The average molecular weight is 270 g/mol. The van der Waals surface area contributed by atoms with Crippen LogP contribution in [-0.2, 0) is 9.53 Å². The van der Waals surface area contributed by atoms with Gasteiger partial charge < -0.3 is 10.1 Å². The highest BCUT2D eigenvalue weighted by Gasteiger charge is 2.20. The Kier molecular flexibility index (Phi) is 8.07. The number of piperidine rings is 1. The smallest absolute Gasteiger partial charge is 0.234 e. The number of amides is 1. The molecule has 0 atom stereocenters. The standard InChI is InChI=1S/C15H30N2O2/c1-4-16-15(18)12-17-9-7-14(8-10-17)19-11-5-6-13(2)3/h13-14H,4-12H2,1-3H3,(H,16,18). The second-order valence-electron chi connectivity index (χ2n) is 5.84. The fraction of sp³-hybridized carbons (Fsp3) is 0.933. The Balaban J connectivity index is 2.06. The summed E-state index contributed by atoms with van der Waals surface area (Å²) in [5.41, 5.74) is 0. The zero-order chi connectivity index (χ0) is 14.1. The van der Waals surface area contributed by atoms with Crippen LogP contribution in [0.1, 0.15) is 46.5 Å². The second kappa shape index (κ2) is 9.32. The summed E-state index contributed by atoms with van der Waals surface area (Å²) in [6.45, 7) is 10.5. The zero-order valence-electron chi connectivity index (χ0n) is 12.8. The van der Waals surface area contributed by atoms with Crippen LogP contribution in [0, 0.1) is 5.92 Å². The quantitative estimate of drug-likeness (QED) is 0.686. The molecule has 1 aliphatic heterocycles. The highest BCUT2D eigenvalue weighted by Crippen LogP contribution is 2.14. The summed E-state index contributed by atoms with van der Waals surface area (Å²) < 4.78 is 5.91. The third-order valence-electron chi connectivity index (χ3n) is 3.56. The van der Waals surface area contributed by atoms with Gasteiger partial charge in [0, 0.05) is 26.2 Å². The molecule has 1 rings (SSSR count). The van der Waals surface area contributed by atoms with Crippen LogP contribution in [0.4, 0.5) is 0 Å². The summed E-state index contributed by atoms with van der Waals surface area (Å²) in [5.74, 6) is 0.904. The third-order valence-corrected chi connectivity index (χ3v) is 3.56. The Hall–Kier alpha value is -0.610. The molecule has 0 bridgehead atoms. The Bertz CT molecular complexity index is 249. The molecule has 0 unspecified atom stereocenters. The van der Waals surface area contributed by atoms with Gasteiger partial charge in [0.25, 0.3) is 0 Å². The summed E-state index contributed by atoms with van der Waals surface area (Å²) in [4.78, 5) is 13.7. The Morgan fingerprint density at radius 1 is 1.37 bits per heavy atom. The van der Waals surface area contributed by atoms with Gasteiger partial charge in [0.2, 0.25) is 5.91 Å². The molecule has 112 valence electrons.